The summed E-state index contributed by atoms with van der Waals surface area (Å²) in [6.07, 6.45) is 1.22. The summed E-state index contributed by atoms with van der Waals surface area (Å²) < 4.78 is 0. The van der Waals surface area contributed by atoms with E-state index in [2.05, 4.69) is 0 Å². The zero-order valence-corrected chi connectivity index (χ0v) is 13.2. The summed E-state index contributed by atoms with van der Waals surface area (Å²) in [7, 11) is 0. The number of rotatable bonds is 6. The van der Waals surface area contributed by atoms with Crippen LogP contribution < -0.4 is 0 Å². The van der Waals surface area contributed by atoms with Crippen LogP contribution in [-0.4, -0.2) is 44.8 Å². The minimum Gasteiger partial charge on any atom is -0.480 e. The Morgan fingerprint density at radius 2 is 2.05 bits per heavy atom. The first kappa shape index (κ1) is 16.5. The number of aryl methyl sites for hydroxylation is 1. The quantitative estimate of drug-likeness (QED) is 0.867. The van der Waals surface area contributed by atoms with Crippen molar-refractivity contribution in [1.29, 1.82) is 0 Å². The molecule has 1 aromatic carbocycles. The smallest absolute Gasteiger partial charge is 0.326 e. The van der Waals surface area contributed by atoms with Crippen LogP contribution in [0.3, 0.4) is 0 Å². The van der Waals surface area contributed by atoms with Crippen molar-refractivity contribution in [2.45, 2.75) is 37.5 Å². The van der Waals surface area contributed by atoms with Gasteiger partial charge < -0.3 is 10.0 Å². The molecular formula is C16H19NO4S. The number of carbonyl (C=O) groups is 3. The van der Waals surface area contributed by atoms with Crippen molar-refractivity contribution in [2.24, 2.45) is 0 Å². The lowest BCUT2D eigenvalue weighted by atomic mass is 10.0. The predicted molar refractivity (Wildman–Crippen MR) is 84.6 cm³/mol. The summed E-state index contributed by atoms with van der Waals surface area (Å²) in [5, 5.41) is 9.25. The molecule has 0 saturated carbocycles. The van der Waals surface area contributed by atoms with E-state index >= 15 is 0 Å². The van der Waals surface area contributed by atoms with Crippen molar-refractivity contribution in [3.63, 3.8) is 0 Å². The van der Waals surface area contributed by atoms with Crippen molar-refractivity contribution in [2.75, 3.05) is 6.54 Å². The van der Waals surface area contributed by atoms with Crippen LogP contribution in [0.4, 0.5) is 0 Å². The lowest BCUT2D eigenvalue weighted by Gasteiger charge is -2.24. The third-order valence-electron chi connectivity index (χ3n) is 3.67. The Bertz CT molecular complexity index is 561. The number of likely N-dealkylation sites (tertiary alicyclic amines) is 1. The van der Waals surface area contributed by atoms with Gasteiger partial charge in [-0.1, -0.05) is 42.1 Å². The monoisotopic (exact) mass is 321 g/mol. The van der Waals surface area contributed by atoms with Gasteiger partial charge in [-0.3, -0.25) is 9.59 Å². The first-order chi connectivity index (χ1) is 10.5. The summed E-state index contributed by atoms with van der Waals surface area (Å²) in [6.45, 7) is 1.79. The van der Waals surface area contributed by atoms with Crippen LogP contribution in [0.5, 0.6) is 0 Å². The zero-order chi connectivity index (χ0) is 16.1. The van der Waals surface area contributed by atoms with E-state index < -0.39 is 12.0 Å². The molecule has 1 fully saturated rings. The highest BCUT2D eigenvalue weighted by atomic mass is 32.2. The molecule has 2 rings (SSSR count). The normalized spacial score (nSPS) is 19.2. The standard InChI is InChI=1S/C16H19NO4S/c1-11(18)22-13-9-15(19)17(10-13)14(16(20)21)8-7-12-5-3-2-4-6-12/h2-6,13-14H,7-10H2,1H3,(H,20,21)/t13?,14-/m0/s1. The highest BCUT2D eigenvalue weighted by Crippen LogP contribution is 2.27. The van der Waals surface area contributed by atoms with Crippen molar-refractivity contribution < 1.29 is 19.5 Å². The fourth-order valence-electron chi connectivity index (χ4n) is 2.67. The van der Waals surface area contributed by atoms with E-state index in [1.807, 2.05) is 30.3 Å². The molecule has 1 saturated heterocycles. The number of carbonyl (C=O) groups excluding carboxylic acids is 2. The van der Waals surface area contributed by atoms with Gasteiger partial charge in [0.2, 0.25) is 5.91 Å². The molecule has 0 radical (unpaired) electrons. The van der Waals surface area contributed by atoms with E-state index in [4.69, 9.17) is 0 Å². The summed E-state index contributed by atoms with van der Waals surface area (Å²) in [5.41, 5.74) is 1.05. The average molecular weight is 321 g/mol. The molecule has 1 aliphatic rings. The van der Waals surface area contributed by atoms with E-state index in [9.17, 15) is 19.5 Å². The lowest BCUT2D eigenvalue weighted by Crippen LogP contribution is -2.42. The van der Waals surface area contributed by atoms with Gasteiger partial charge in [0.15, 0.2) is 5.12 Å². The van der Waals surface area contributed by atoms with Crippen LogP contribution in [0.15, 0.2) is 30.3 Å². The maximum absolute atomic E-state index is 12.1. The molecule has 22 heavy (non-hydrogen) atoms. The third-order valence-corrected chi connectivity index (χ3v) is 4.65. The SMILES string of the molecule is CC(=O)SC1CC(=O)N([C@@H](CCc2ccccc2)C(=O)O)C1. The van der Waals surface area contributed by atoms with Crippen molar-refractivity contribution >= 4 is 28.8 Å². The second-order valence-electron chi connectivity index (χ2n) is 5.36. The van der Waals surface area contributed by atoms with Crippen molar-refractivity contribution in [3.8, 4) is 0 Å². The highest BCUT2D eigenvalue weighted by molar-refractivity contribution is 8.14. The minimum atomic E-state index is -0.988. The van der Waals surface area contributed by atoms with Crippen LogP contribution in [0.2, 0.25) is 0 Å². The number of benzene rings is 1. The number of nitrogens with zero attached hydrogens (tertiary/aromatic N) is 1. The van der Waals surface area contributed by atoms with Crippen LogP contribution in [0.1, 0.15) is 25.3 Å². The molecule has 0 bridgehead atoms. The summed E-state index contributed by atoms with van der Waals surface area (Å²) in [4.78, 5) is 36.1. The summed E-state index contributed by atoms with van der Waals surface area (Å²) in [6, 6.07) is 8.78. The zero-order valence-electron chi connectivity index (χ0n) is 12.4. The molecule has 1 aromatic rings. The Labute approximate surface area is 133 Å². The van der Waals surface area contributed by atoms with E-state index in [1.54, 1.807) is 0 Å². The number of hydrogen-bond acceptors (Lipinski definition) is 4. The van der Waals surface area contributed by atoms with Gasteiger partial charge in [-0.2, -0.15) is 0 Å². The third kappa shape index (κ3) is 4.34. The summed E-state index contributed by atoms with van der Waals surface area (Å²) >= 11 is 1.12. The minimum absolute atomic E-state index is 0.0455. The molecule has 1 N–H and O–H groups in total. The first-order valence-electron chi connectivity index (χ1n) is 7.21. The van der Waals surface area contributed by atoms with Gasteiger partial charge in [-0.25, -0.2) is 4.79 Å². The largest absolute Gasteiger partial charge is 0.480 e. The van der Waals surface area contributed by atoms with Gasteiger partial charge in [-0.15, -0.1) is 0 Å². The molecule has 1 unspecified atom stereocenters. The van der Waals surface area contributed by atoms with Gasteiger partial charge in [0.05, 0.1) is 0 Å². The molecule has 0 spiro atoms. The van der Waals surface area contributed by atoms with Crippen LogP contribution in [0.25, 0.3) is 0 Å². The number of thioether (sulfide) groups is 1. The maximum atomic E-state index is 12.1. The average Bonchev–Trinajstić information content (AvgIpc) is 2.79. The van der Waals surface area contributed by atoms with Gasteiger partial charge >= 0.3 is 5.97 Å². The highest BCUT2D eigenvalue weighted by Gasteiger charge is 2.38. The number of amides is 1. The van der Waals surface area contributed by atoms with Gasteiger partial charge in [0.25, 0.3) is 0 Å². The number of carboxylic acid groups (broad SMARTS) is 1. The molecule has 6 heteroatoms. The second kappa shape index (κ2) is 7.45. The summed E-state index contributed by atoms with van der Waals surface area (Å²) in [5.74, 6) is -1.17. The lowest BCUT2D eigenvalue weighted by molar-refractivity contribution is -0.148. The van der Waals surface area contributed by atoms with Crippen LogP contribution in [-0.2, 0) is 20.8 Å². The molecule has 0 aromatic heterocycles. The molecule has 1 amide bonds. The fraction of sp³-hybridized carbons (Fsp3) is 0.438. The Kier molecular flexibility index (Phi) is 5.60. The Morgan fingerprint density at radius 3 is 2.64 bits per heavy atom. The maximum Gasteiger partial charge on any atom is 0.326 e. The Balaban J connectivity index is 2.00. The molecule has 1 heterocycles. The Hall–Kier alpha value is -1.82. The van der Waals surface area contributed by atoms with Gasteiger partial charge in [-0.05, 0) is 18.4 Å². The van der Waals surface area contributed by atoms with E-state index in [-0.39, 0.29) is 22.7 Å². The first-order valence-corrected chi connectivity index (χ1v) is 8.08. The van der Waals surface area contributed by atoms with Gasteiger partial charge in [0, 0.05) is 25.1 Å². The number of aliphatic carboxylic acids is 1. The molecule has 2 atom stereocenters. The fourth-order valence-corrected chi connectivity index (χ4v) is 3.60. The predicted octanol–water partition coefficient (Wildman–Crippen LogP) is 1.95. The molecular weight excluding hydrogens is 302 g/mol. The van der Waals surface area contributed by atoms with E-state index in [0.717, 1.165) is 17.3 Å². The molecule has 1 aliphatic heterocycles. The number of carboxylic acids is 1. The van der Waals surface area contributed by atoms with Gasteiger partial charge in [0.1, 0.15) is 6.04 Å². The molecule has 5 nitrogen and oxygen atoms in total. The number of hydrogen-bond donors (Lipinski definition) is 1. The molecule has 118 valence electrons. The van der Waals surface area contributed by atoms with Crippen LogP contribution in [0, 0.1) is 0 Å². The van der Waals surface area contributed by atoms with Crippen LogP contribution >= 0.6 is 11.8 Å². The van der Waals surface area contributed by atoms with E-state index in [1.165, 1.54) is 11.8 Å². The van der Waals surface area contributed by atoms with Crippen molar-refractivity contribution in [3.05, 3.63) is 35.9 Å². The second-order valence-corrected chi connectivity index (χ2v) is 6.84. The molecule has 0 aliphatic carbocycles. The topological polar surface area (TPSA) is 74.7 Å². The Morgan fingerprint density at radius 1 is 1.36 bits per heavy atom. The van der Waals surface area contributed by atoms with Crippen molar-refractivity contribution in [1.82, 2.24) is 4.90 Å². The van der Waals surface area contributed by atoms with E-state index in [0.29, 0.717) is 19.4 Å².